The number of nitrogen functional groups attached to an aromatic ring is 1. The Kier molecular flexibility index (Phi) is 7.47. The van der Waals surface area contributed by atoms with Crippen molar-refractivity contribution in [1.82, 2.24) is 4.31 Å². The molecule has 0 radical (unpaired) electrons. The molecular formula is C27H28N2O4S. The maximum absolute atomic E-state index is 12.8. The molecule has 0 saturated carbocycles. The van der Waals surface area contributed by atoms with Crippen molar-refractivity contribution >= 4 is 40.0 Å². The van der Waals surface area contributed by atoms with Gasteiger partial charge in [-0.1, -0.05) is 60.7 Å². The second-order valence-electron chi connectivity index (χ2n) is 7.92. The zero-order valence-corrected chi connectivity index (χ0v) is 19.9. The summed E-state index contributed by atoms with van der Waals surface area (Å²) in [6.45, 7) is 1.63. The summed E-state index contributed by atoms with van der Waals surface area (Å²) >= 11 is 0. The van der Waals surface area contributed by atoms with Crippen molar-refractivity contribution in [3.63, 3.8) is 0 Å². The smallest absolute Gasteiger partial charge is 0.243 e. The molecule has 0 atom stereocenters. The van der Waals surface area contributed by atoms with Gasteiger partial charge in [0.05, 0.1) is 25.2 Å². The quantitative estimate of drug-likeness (QED) is 0.397. The van der Waals surface area contributed by atoms with Crippen molar-refractivity contribution in [2.75, 3.05) is 39.1 Å². The zero-order valence-electron chi connectivity index (χ0n) is 19.1. The standard InChI is InChI=1S/C27H28N2O4S/c1-32-27-20-23(5-11-24(27)10-4-22-6-12-25(28)13-7-22)3-2-21-8-14-26(15-9-21)34(30,31)29-16-18-33-19-17-29/h2-15,20H,16-19,28H2,1H3. The van der Waals surface area contributed by atoms with Crippen LogP contribution in [0.1, 0.15) is 22.3 Å². The topological polar surface area (TPSA) is 81.9 Å². The Bertz CT molecular complexity index is 1280. The molecule has 1 aliphatic heterocycles. The van der Waals surface area contributed by atoms with E-state index in [9.17, 15) is 8.42 Å². The number of methoxy groups -OCH3 is 1. The summed E-state index contributed by atoms with van der Waals surface area (Å²) in [7, 11) is -1.84. The van der Waals surface area contributed by atoms with Crippen LogP contribution in [0, 0.1) is 0 Å². The molecule has 176 valence electrons. The molecule has 4 rings (SSSR count). The molecule has 3 aromatic carbocycles. The summed E-state index contributed by atoms with van der Waals surface area (Å²) in [4.78, 5) is 0.297. The average molecular weight is 477 g/mol. The molecule has 1 aliphatic rings. The third-order valence-electron chi connectivity index (χ3n) is 5.61. The fraction of sp³-hybridized carbons (Fsp3) is 0.185. The molecular weight excluding hydrogens is 448 g/mol. The molecule has 0 aliphatic carbocycles. The van der Waals surface area contributed by atoms with Gasteiger partial charge in [-0.2, -0.15) is 4.31 Å². The summed E-state index contributed by atoms with van der Waals surface area (Å²) in [5.74, 6) is 0.765. The molecule has 34 heavy (non-hydrogen) atoms. The number of anilines is 1. The van der Waals surface area contributed by atoms with Gasteiger partial charge in [0.2, 0.25) is 10.0 Å². The second kappa shape index (κ2) is 10.7. The first-order valence-electron chi connectivity index (χ1n) is 11.0. The highest BCUT2D eigenvalue weighted by molar-refractivity contribution is 7.89. The van der Waals surface area contributed by atoms with Gasteiger partial charge in [0.1, 0.15) is 5.75 Å². The maximum Gasteiger partial charge on any atom is 0.243 e. The number of hydrogen-bond donors (Lipinski definition) is 1. The molecule has 3 aromatic rings. The minimum atomic E-state index is -3.49. The number of hydrogen-bond acceptors (Lipinski definition) is 5. The van der Waals surface area contributed by atoms with E-state index in [0.29, 0.717) is 31.2 Å². The molecule has 0 bridgehead atoms. The van der Waals surface area contributed by atoms with E-state index >= 15 is 0 Å². The number of sulfonamides is 1. The SMILES string of the molecule is COc1cc(C=Cc2ccc(S(=O)(=O)N3CCOCC3)cc2)ccc1C=Cc1ccc(N)cc1. The molecule has 0 unspecified atom stereocenters. The van der Waals surface area contributed by atoms with Crippen LogP contribution in [0.5, 0.6) is 5.75 Å². The minimum Gasteiger partial charge on any atom is -0.496 e. The van der Waals surface area contributed by atoms with Crippen LogP contribution in [0.2, 0.25) is 0 Å². The number of ether oxygens (including phenoxy) is 2. The van der Waals surface area contributed by atoms with Gasteiger partial charge in [-0.3, -0.25) is 0 Å². The van der Waals surface area contributed by atoms with Gasteiger partial charge in [0, 0.05) is 24.3 Å². The van der Waals surface area contributed by atoms with E-state index in [4.69, 9.17) is 15.2 Å². The molecule has 7 heteroatoms. The number of nitrogens with two attached hydrogens (primary N) is 1. The fourth-order valence-electron chi connectivity index (χ4n) is 3.64. The molecule has 2 N–H and O–H groups in total. The lowest BCUT2D eigenvalue weighted by molar-refractivity contribution is 0.0730. The molecule has 1 saturated heterocycles. The fourth-order valence-corrected chi connectivity index (χ4v) is 5.05. The number of nitrogens with zero attached hydrogens (tertiary/aromatic N) is 1. The van der Waals surface area contributed by atoms with E-state index < -0.39 is 10.0 Å². The van der Waals surface area contributed by atoms with Gasteiger partial charge >= 0.3 is 0 Å². The maximum atomic E-state index is 12.8. The Morgan fingerprint density at radius 2 is 1.38 bits per heavy atom. The van der Waals surface area contributed by atoms with Crippen LogP contribution < -0.4 is 10.5 Å². The highest BCUT2D eigenvalue weighted by Crippen LogP contribution is 2.24. The van der Waals surface area contributed by atoms with Crippen molar-refractivity contribution in [3.05, 3.63) is 89.0 Å². The lowest BCUT2D eigenvalue weighted by Gasteiger charge is -2.26. The molecule has 1 heterocycles. The van der Waals surface area contributed by atoms with E-state index in [1.807, 2.05) is 78.9 Å². The largest absolute Gasteiger partial charge is 0.496 e. The van der Waals surface area contributed by atoms with Crippen LogP contribution in [0.15, 0.2) is 71.6 Å². The Morgan fingerprint density at radius 1 is 0.824 bits per heavy atom. The Labute approximate surface area is 201 Å². The first-order chi connectivity index (χ1) is 16.5. The highest BCUT2D eigenvalue weighted by atomic mass is 32.2. The Hall–Kier alpha value is -3.39. The predicted octanol–water partition coefficient (Wildman–Crippen LogP) is 4.64. The second-order valence-corrected chi connectivity index (χ2v) is 9.86. The van der Waals surface area contributed by atoms with Gasteiger partial charge < -0.3 is 15.2 Å². The normalized spacial score (nSPS) is 15.2. The molecule has 1 fully saturated rings. The Morgan fingerprint density at radius 3 is 2.03 bits per heavy atom. The van der Waals surface area contributed by atoms with E-state index in [1.54, 1.807) is 19.2 Å². The zero-order chi connectivity index (χ0) is 24.0. The van der Waals surface area contributed by atoms with Crippen LogP contribution in [0.4, 0.5) is 5.69 Å². The van der Waals surface area contributed by atoms with Crippen LogP contribution in [-0.4, -0.2) is 46.1 Å². The van der Waals surface area contributed by atoms with Crippen LogP contribution in [-0.2, 0) is 14.8 Å². The van der Waals surface area contributed by atoms with Crippen molar-refractivity contribution in [3.8, 4) is 5.75 Å². The minimum absolute atomic E-state index is 0.297. The van der Waals surface area contributed by atoms with Crippen molar-refractivity contribution in [2.45, 2.75) is 4.90 Å². The van der Waals surface area contributed by atoms with Crippen molar-refractivity contribution in [1.29, 1.82) is 0 Å². The summed E-state index contributed by atoms with van der Waals surface area (Å²) in [6.07, 6.45) is 7.94. The molecule has 0 aromatic heterocycles. The summed E-state index contributed by atoms with van der Waals surface area (Å²) in [5, 5.41) is 0. The third-order valence-corrected chi connectivity index (χ3v) is 7.52. The third kappa shape index (κ3) is 5.75. The lowest BCUT2D eigenvalue weighted by atomic mass is 10.1. The van der Waals surface area contributed by atoms with Crippen molar-refractivity contribution < 1.29 is 17.9 Å². The van der Waals surface area contributed by atoms with Gasteiger partial charge in [0.25, 0.3) is 0 Å². The van der Waals surface area contributed by atoms with Gasteiger partial charge in [-0.15, -0.1) is 0 Å². The van der Waals surface area contributed by atoms with E-state index in [-0.39, 0.29) is 0 Å². The van der Waals surface area contributed by atoms with Crippen LogP contribution in [0.25, 0.3) is 24.3 Å². The van der Waals surface area contributed by atoms with E-state index in [2.05, 4.69) is 0 Å². The lowest BCUT2D eigenvalue weighted by Crippen LogP contribution is -2.40. The first kappa shape index (κ1) is 23.8. The van der Waals surface area contributed by atoms with E-state index in [1.165, 1.54) is 4.31 Å². The summed E-state index contributed by atoms with van der Waals surface area (Å²) < 4.78 is 37.8. The summed E-state index contributed by atoms with van der Waals surface area (Å²) in [5.41, 5.74) is 10.4. The van der Waals surface area contributed by atoms with Gasteiger partial charge in [-0.25, -0.2) is 8.42 Å². The number of benzene rings is 3. The van der Waals surface area contributed by atoms with Gasteiger partial charge in [0.15, 0.2) is 0 Å². The molecule has 0 spiro atoms. The molecule has 6 nitrogen and oxygen atoms in total. The van der Waals surface area contributed by atoms with Gasteiger partial charge in [-0.05, 0) is 47.0 Å². The van der Waals surface area contributed by atoms with Crippen molar-refractivity contribution in [2.24, 2.45) is 0 Å². The Balaban J connectivity index is 1.46. The first-order valence-corrected chi connectivity index (χ1v) is 12.5. The highest BCUT2D eigenvalue weighted by Gasteiger charge is 2.25. The predicted molar refractivity (Wildman–Crippen MR) is 138 cm³/mol. The van der Waals surface area contributed by atoms with Crippen LogP contribution >= 0.6 is 0 Å². The average Bonchev–Trinajstić information content (AvgIpc) is 2.88. The summed E-state index contributed by atoms with van der Waals surface area (Å²) in [6, 6.07) is 20.6. The van der Waals surface area contributed by atoms with Crippen LogP contribution in [0.3, 0.4) is 0 Å². The monoisotopic (exact) mass is 476 g/mol. The van der Waals surface area contributed by atoms with E-state index in [0.717, 1.165) is 33.7 Å². The number of rotatable bonds is 7. The molecule has 0 amide bonds. The number of morpholine rings is 1.